The SMILES string of the molecule is Cc1c(CO)cc([N+](=O)[O-])c(N2CCCN(c3cccnn3)CC2)c1[N+](=O)[O-]. The van der Waals surface area contributed by atoms with Crippen LogP contribution in [0.25, 0.3) is 0 Å². The molecule has 0 aliphatic carbocycles. The average molecular weight is 388 g/mol. The first-order valence-electron chi connectivity index (χ1n) is 8.77. The van der Waals surface area contributed by atoms with E-state index in [9.17, 15) is 25.3 Å². The molecule has 3 rings (SSSR count). The molecule has 148 valence electrons. The zero-order chi connectivity index (χ0) is 20.3. The molecule has 11 nitrogen and oxygen atoms in total. The van der Waals surface area contributed by atoms with Gasteiger partial charge >= 0.3 is 5.69 Å². The Morgan fingerprint density at radius 1 is 1.14 bits per heavy atom. The van der Waals surface area contributed by atoms with E-state index in [1.54, 1.807) is 17.2 Å². The molecule has 0 radical (unpaired) electrons. The first-order chi connectivity index (χ1) is 13.4. The molecule has 1 aliphatic heterocycles. The first-order valence-corrected chi connectivity index (χ1v) is 8.77. The minimum atomic E-state index is -0.633. The van der Waals surface area contributed by atoms with Gasteiger partial charge in [0.2, 0.25) is 0 Å². The summed E-state index contributed by atoms with van der Waals surface area (Å²) in [5.41, 5.74) is -0.285. The minimum absolute atomic E-state index is 0.00861. The number of hydrogen-bond donors (Lipinski definition) is 1. The van der Waals surface area contributed by atoms with Crippen molar-refractivity contribution in [1.29, 1.82) is 0 Å². The number of aliphatic hydroxyl groups is 1. The van der Waals surface area contributed by atoms with Crippen molar-refractivity contribution in [1.82, 2.24) is 10.2 Å². The molecule has 1 saturated heterocycles. The molecule has 2 aromatic rings. The van der Waals surface area contributed by atoms with Gasteiger partial charge in [-0.1, -0.05) is 0 Å². The summed E-state index contributed by atoms with van der Waals surface area (Å²) in [5.74, 6) is 0.695. The van der Waals surface area contributed by atoms with E-state index in [1.807, 2.05) is 11.0 Å². The van der Waals surface area contributed by atoms with Crippen LogP contribution in [-0.2, 0) is 6.61 Å². The maximum atomic E-state index is 11.7. The van der Waals surface area contributed by atoms with E-state index in [2.05, 4.69) is 10.2 Å². The van der Waals surface area contributed by atoms with Gasteiger partial charge in [0.05, 0.1) is 16.5 Å². The van der Waals surface area contributed by atoms with Crippen LogP contribution in [0.4, 0.5) is 22.9 Å². The third-order valence-corrected chi connectivity index (χ3v) is 4.86. The lowest BCUT2D eigenvalue weighted by Gasteiger charge is -2.24. The highest BCUT2D eigenvalue weighted by Gasteiger charge is 2.34. The van der Waals surface area contributed by atoms with Gasteiger partial charge in [-0.3, -0.25) is 20.2 Å². The van der Waals surface area contributed by atoms with Gasteiger partial charge in [0.1, 0.15) is 0 Å². The molecule has 1 aromatic carbocycles. The van der Waals surface area contributed by atoms with Gasteiger partial charge in [-0.25, -0.2) is 0 Å². The number of aromatic nitrogens is 2. The Kier molecular flexibility index (Phi) is 5.64. The quantitative estimate of drug-likeness (QED) is 0.600. The predicted molar refractivity (Wildman–Crippen MR) is 101 cm³/mol. The normalized spacial score (nSPS) is 14.6. The number of nitro benzene ring substituents is 2. The van der Waals surface area contributed by atoms with Crippen LogP contribution in [0.5, 0.6) is 0 Å². The smallest absolute Gasteiger partial charge is 0.302 e. The van der Waals surface area contributed by atoms with E-state index >= 15 is 0 Å². The highest BCUT2D eigenvalue weighted by Crippen LogP contribution is 2.42. The second-order valence-corrected chi connectivity index (χ2v) is 6.46. The highest BCUT2D eigenvalue weighted by atomic mass is 16.6. The van der Waals surface area contributed by atoms with E-state index in [1.165, 1.54) is 13.0 Å². The van der Waals surface area contributed by atoms with Crippen LogP contribution in [0.3, 0.4) is 0 Å². The molecule has 11 heteroatoms. The Labute approximate surface area is 160 Å². The van der Waals surface area contributed by atoms with Crippen molar-refractivity contribution in [3.63, 3.8) is 0 Å². The summed E-state index contributed by atoms with van der Waals surface area (Å²) >= 11 is 0. The first kappa shape index (κ1) is 19.4. The highest BCUT2D eigenvalue weighted by molar-refractivity contribution is 5.79. The average Bonchev–Trinajstić information content (AvgIpc) is 2.93. The molecule has 1 fully saturated rings. The fourth-order valence-electron chi connectivity index (χ4n) is 3.46. The van der Waals surface area contributed by atoms with Crippen molar-refractivity contribution in [3.05, 3.63) is 55.8 Å². The molecule has 0 amide bonds. The molecule has 0 saturated carbocycles. The molecule has 0 spiro atoms. The van der Waals surface area contributed by atoms with Crippen LogP contribution < -0.4 is 9.80 Å². The lowest BCUT2D eigenvalue weighted by atomic mass is 10.0. The Morgan fingerprint density at radius 2 is 1.86 bits per heavy atom. The summed E-state index contributed by atoms with van der Waals surface area (Å²) in [6.07, 6.45) is 2.22. The lowest BCUT2D eigenvalue weighted by Crippen LogP contribution is -2.32. The van der Waals surface area contributed by atoms with Crippen molar-refractivity contribution >= 4 is 22.9 Å². The maximum absolute atomic E-state index is 11.7. The largest absolute Gasteiger partial charge is 0.392 e. The van der Waals surface area contributed by atoms with Gasteiger partial charge in [-0.05, 0) is 31.0 Å². The third kappa shape index (κ3) is 3.69. The van der Waals surface area contributed by atoms with Crippen molar-refractivity contribution < 1.29 is 15.0 Å². The van der Waals surface area contributed by atoms with Gasteiger partial charge in [0.25, 0.3) is 5.69 Å². The number of hydrogen-bond acceptors (Lipinski definition) is 9. The summed E-state index contributed by atoms with van der Waals surface area (Å²) < 4.78 is 0. The van der Waals surface area contributed by atoms with Crippen LogP contribution >= 0.6 is 0 Å². The summed E-state index contributed by atoms with van der Waals surface area (Å²) in [6, 6.07) is 4.83. The van der Waals surface area contributed by atoms with Crippen LogP contribution in [0.2, 0.25) is 0 Å². The molecule has 1 N–H and O–H groups in total. The van der Waals surface area contributed by atoms with Gasteiger partial charge < -0.3 is 14.9 Å². The lowest BCUT2D eigenvalue weighted by molar-refractivity contribution is -0.393. The summed E-state index contributed by atoms with van der Waals surface area (Å²) in [7, 11) is 0. The van der Waals surface area contributed by atoms with Crippen molar-refractivity contribution in [2.24, 2.45) is 0 Å². The molecular formula is C17H20N6O5. The molecule has 0 bridgehead atoms. The summed E-state index contributed by atoms with van der Waals surface area (Å²) in [6.45, 7) is 2.93. The van der Waals surface area contributed by atoms with Crippen LogP contribution in [-0.4, -0.2) is 51.3 Å². The zero-order valence-electron chi connectivity index (χ0n) is 15.3. The number of rotatable bonds is 5. The van der Waals surface area contributed by atoms with Crippen LogP contribution in [0, 0.1) is 27.2 Å². The van der Waals surface area contributed by atoms with Crippen molar-refractivity contribution in [2.45, 2.75) is 20.0 Å². The molecular weight excluding hydrogens is 368 g/mol. The molecule has 1 aliphatic rings. The Balaban J connectivity index is 2.01. The van der Waals surface area contributed by atoms with Crippen LogP contribution in [0.1, 0.15) is 17.5 Å². The monoisotopic (exact) mass is 388 g/mol. The van der Waals surface area contributed by atoms with Gasteiger partial charge in [-0.2, -0.15) is 5.10 Å². The van der Waals surface area contributed by atoms with E-state index in [4.69, 9.17) is 0 Å². The molecule has 2 heterocycles. The van der Waals surface area contributed by atoms with Crippen LogP contribution in [0.15, 0.2) is 24.4 Å². The van der Waals surface area contributed by atoms with E-state index in [-0.39, 0.29) is 28.2 Å². The number of nitro groups is 2. The maximum Gasteiger partial charge on any atom is 0.302 e. The summed E-state index contributed by atoms with van der Waals surface area (Å²) in [4.78, 5) is 25.8. The Bertz CT molecular complexity index is 891. The van der Waals surface area contributed by atoms with E-state index < -0.39 is 16.5 Å². The van der Waals surface area contributed by atoms with E-state index in [0.717, 1.165) is 0 Å². The third-order valence-electron chi connectivity index (χ3n) is 4.86. The molecule has 0 unspecified atom stereocenters. The van der Waals surface area contributed by atoms with Gasteiger partial charge in [0, 0.05) is 44.0 Å². The predicted octanol–water partition coefficient (Wildman–Crippen LogP) is 1.81. The number of anilines is 2. The fourth-order valence-corrected chi connectivity index (χ4v) is 3.46. The van der Waals surface area contributed by atoms with Crippen molar-refractivity contribution in [3.8, 4) is 0 Å². The molecule has 1 aromatic heterocycles. The standard InChI is InChI=1S/C17H20N6O5/c1-12-13(11-24)10-14(22(25)26)17(16(12)23(27)28)21-7-3-6-20(8-9-21)15-4-2-5-18-19-15/h2,4-5,10,24H,3,6-9,11H2,1H3. The molecule has 28 heavy (non-hydrogen) atoms. The number of aliphatic hydroxyl groups excluding tert-OH is 1. The topological polar surface area (TPSA) is 139 Å². The summed E-state index contributed by atoms with van der Waals surface area (Å²) in [5, 5.41) is 40.8. The van der Waals surface area contributed by atoms with Gasteiger partial charge in [-0.15, -0.1) is 5.10 Å². The van der Waals surface area contributed by atoms with Crippen molar-refractivity contribution in [2.75, 3.05) is 36.0 Å². The number of nitrogens with zero attached hydrogens (tertiary/aromatic N) is 6. The second-order valence-electron chi connectivity index (χ2n) is 6.46. The zero-order valence-corrected chi connectivity index (χ0v) is 15.3. The Hall–Kier alpha value is -3.34. The second kappa shape index (κ2) is 8.13. The minimum Gasteiger partial charge on any atom is -0.392 e. The molecule has 0 atom stereocenters. The Morgan fingerprint density at radius 3 is 2.46 bits per heavy atom. The van der Waals surface area contributed by atoms with Gasteiger partial charge in [0.15, 0.2) is 11.5 Å². The fraction of sp³-hybridized carbons (Fsp3) is 0.412. The number of benzene rings is 1. The van der Waals surface area contributed by atoms with E-state index in [0.29, 0.717) is 38.4 Å².